The first kappa shape index (κ1) is 10.5. The first-order valence-corrected chi connectivity index (χ1v) is 5.74. The molecule has 90 valence electrons. The predicted molar refractivity (Wildman–Crippen MR) is 61.0 cm³/mol. The third kappa shape index (κ3) is 1.84. The van der Waals surface area contributed by atoms with E-state index in [1.54, 1.807) is 12.5 Å². The van der Waals surface area contributed by atoms with Gasteiger partial charge in [0.05, 0.1) is 12.5 Å². The Morgan fingerprint density at radius 2 is 2.35 bits per heavy atom. The second-order valence-electron chi connectivity index (χ2n) is 4.79. The number of imidazole rings is 1. The van der Waals surface area contributed by atoms with Crippen molar-refractivity contribution >= 4 is 0 Å². The van der Waals surface area contributed by atoms with E-state index in [4.69, 9.17) is 10.3 Å². The zero-order chi connectivity index (χ0) is 11.9. The van der Waals surface area contributed by atoms with Crippen LogP contribution in [0.1, 0.15) is 25.2 Å². The number of nitrogens with two attached hydrogens (primary N) is 1. The molecule has 0 saturated heterocycles. The molecule has 0 amide bonds. The third-order valence-electron chi connectivity index (χ3n) is 3.37. The first-order valence-electron chi connectivity index (χ1n) is 5.74. The molecular weight excluding hydrogens is 218 g/mol. The fraction of sp³-hybridized carbons (Fsp3) is 0.545. The zero-order valence-electron chi connectivity index (χ0n) is 9.76. The van der Waals surface area contributed by atoms with Crippen LogP contribution in [-0.2, 0) is 13.5 Å². The van der Waals surface area contributed by atoms with Gasteiger partial charge in [-0.15, -0.1) is 0 Å². The SMILES string of the molecule is Cn1cncc1-c1noc(CC2(N)CCC2)n1. The molecule has 2 heterocycles. The highest BCUT2D eigenvalue weighted by atomic mass is 16.5. The molecule has 1 fully saturated rings. The van der Waals surface area contributed by atoms with Gasteiger partial charge in [0.2, 0.25) is 11.7 Å². The molecule has 2 N–H and O–H groups in total. The molecule has 2 aromatic heterocycles. The molecule has 3 rings (SSSR count). The van der Waals surface area contributed by atoms with Crippen molar-refractivity contribution in [1.29, 1.82) is 0 Å². The van der Waals surface area contributed by atoms with Gasteiger partial charge in [0, 0.05) is 19.0 Å². The van der Waals surface area contributed by atoms with Crippen molar-refractivity contribution < 1.29 is 4.52 Å². The Morgan fingerprint density at radius 1 is 1.53 bits per heavy atom. The Balaban J connectivity index is 1.81. The lowest BCUT2D eigenvalue weighted by atomic mass is 9.75. The van der Waals surface area contributed by atoms with Crippen molar-refractivity contribution in [2.45, 2.75) is 31.2 Å². The minimum atomic E-state index is -0.129. The van der Waals surface area contributed by atoms with Crippen LogP contribution >= 0.6 is 0 Å². The lowest BCUT2D eigenvalue weighted by Crippen LogP contribution is -2.48. The standard InChI is InChI=1S/C11H15N5O/c1-16-7-13-6-8(16)10-14-9(17-15-10)5-11(12)3-2-4-11/h6-7H,2-5,12H2,1H3. The number of rotatable bonds is 3. The summed E-state index contributed by atoms with van der Waals surface area (Å²) in [5, 5.41) is 3.96. The van der Waals surface area contributed by atoms with Gasteiger partial charge in [0.1, 0.15) is 5.69 Å². The molecule has 0 bridgehead atoms. The molecule has 6 nitrogen and oxygen atoms in total. The fourth-order valence-corrected chi connectivity index (χ4v) is 2.11. The van der Waals surface area contributed by atoms with Gasteiger partial charge in [-0.2, -0.15) is 4.98 Å². The van der Waals surface area contributed by atoms with Crippen LogP contribution in [0.5, 0.6) is 0 Å². The number of aryl methyl sites for hydroxylation is 1. The highest BCUT2D eigenvalue weighted by Gasteiger charge is 2.34. The van der Waals surface area contributed by atoms with Crippen LogP contribution in [-0.4, -0.2) is 25.2 Å². The van der Waals surface area contributed by atoms with E-state index in [2.05, 4.69) is 15.1 Å². The van der Waals surface area contributed by atoms with Crippen molar-refractivity contribution in [2.24, 2.45) is 12.8 Å². The number of hydrogen-bond donors (Lipinski definition) is 1. The van der Waals surface area contributed by atoms with E-state index in [-0.39, 0.29) is 5.54 Å². The molecule has 1 aliphatic carbocycles. The molecule has 1 saturated carbocycles. The highest BCUT2D eigenvalue weighted by molar-refractivity contribution is 5.47. The average Bonchev–Trinajstić information content (AvgIpc) is 2.84. The first-order chi connectivity index (χ1) is 8.16. The van der Waals surface area contributed by atoms with Crippen LogP contribution in [0.4, 0.5) is 0 Å². The van der Waals surface area contributed by atoms with E-state index in [1.807, 2.05) is 11.6 Å². The summed E-state index contributed by atoms with van der Waals surface area (Å²) in [5.74, 6) is 1.19. The van der Waals surface area contributed by atoms with E-state index < -0.39 is 0 Å². The smallest absolute Gasteiger partial charge is 0.228 e. The van der Waals surface area contributed by atoms with Crippen LogP contribution in [0, 0.1) is 0 Å². The normalized spacial score (nSPS) is 18.0. The van der Waals surface area contributed by atoms with Crippen LogP contribution in [0.2, 0.25) is 0 Å². The van der Waals surface area contributed by atoms with Crippen molar-refractivity contribution in [3.8, 4) is 11.5 Å². The summed E-state index contributed by atoms with van der Waals surface area (Å²) < 4.78 is 7.09. The van der Waals surface area contributed by atoms with E-state index in [0.717, 1.165) is 18.5 Å². The number of hydrogen-bond acceptors (Lipinski definition) is 5. The molecule has 0 aromatic carbocycles. The lowest BCUT2D eigenvalue weighted by Gasteiger charge is -2.36. The highest BCUT2D eigenvalue weighted by Crippen LogP contribution is 2.32. The Morgan fingerprint density at radius 3 is 2.94 bits per heavy atom. The van der Waals surface area contributed by atoms with E-state index in [9.17, 15) is 0 Å². The molecule has 0 aliphatic heterocycles. The maximum absolute atomic E-state index is 6.15. The summed E-state index contributed by atoms with van der Waals surface area (Å²) in [6, 6.07) is 0. The number of aromatic nitrogens is 4. The van der Waals surface area contributed by atoms with Crippen LogP contribution < -0.4 is 5.73 Å². The zero-order valence-corrected chi connectivity index (χ0v) is 9.76. The molecule has 2 aromatic rings. The van der Waals surface area contributed by atoms with Crippen molar-refractivity contribution in [3.63, 3.8) is 0 Å². The van der Waals surface area contributed by atoms with Crippen molar-refractivity contribution in [1.82, 2.24) is 19.7 Å². The average molecular weight is 233 g/mol. The monoisotopic (exact) mass is 233 g/mol. The topological polar surface area (TPSA) is 82.8 Å². The summed E-state index contributed by atoms with van der Waals surface area (Å²) in [5.41, 5.74) is 6.87. The molecule has 0 unspecified atom stereocenters. The Kier molecular flexibility index (Phi) is 2.25. The van der Waals surface area contributed by atoms with Gasteiger partial charge in [0.25, 0.3) is 0 Å². The summed E-state index contributed by atoms with van der Waals surface area (Å²) in [4.78, 5) is 8.39. The van der Waals surface area contributed by atoms with E-state index in [0.29, 0.717) is 18.1 Å². The molecule has 6 heteroatoms. The van der Waals surface area contributed by atoms with Gasteiger partial charge in [-0.05, 0) is 19.3 Å². The van der Waals surface area contributed by atoms with Crippen molar-refractivity contribution in [3.05, 3.63) is 18.4 Å². The Bertz CT molecular complexity index is 525. The van der Waals surface area contributed by atoms with Crippen LogP contribution in [0.15, 0.2) is 17.0 Å². The van der Waals surface area contributed by atoms with Crippen molar-refractivity contribution in [2.75, 3.05) is 0 Å². The maximum Gasteiger partial charge on any atom is 0.228 e. The molecule has 0 radical (unpaired) electrons. The molecule has 0 atom stereocenters. The van der Waals surface area contributed by atoms with Gasteiger partial charge >= 0.3 is 0 Å². The summed E-state index contributed by atoms with van der Waals surface area (Å²) in [6.45, 7) is 0. The quantitative estimate of drug-likeness (QED) is 0.851. The predicted octanol–water partition coefficient (Wildman–Crippen LogP) is 0.894. The molecule has 1 aliphatic rings. The molecule has 17 heavy (non-hydrogen) atoms. The maximum atomic E-state index is 6.15. The van der Waals surface area contributed by atoms with Gasteiger partial charge in [0.15, 0.2) is 0 Å². The molecular formula is C11H15N5O. The van der Waals surface area contributed by atoms with Crippen LogP contribution in [0.3, 0.4) is 0 Å². The van der Waals surface area contributed by atoms with E-state index >= 15 is 0 Å². The van der Waals surface area contributed by atoms with Gasteiger partial charge in [-0.1, -0.05) is 5.16 Å². The lowest BCUT2D eigenvalue weighted by molar-refractivity contribution is 0.222. The minimum Gasteiger partial charge on any atom is -0.339 e. The summed E-state index contributed by atoms with van der Waals surface area (Å²) in [6.07, 6.45) is 7.36. The largest absolute Gasteiger partial charge is 0.339 e. The second-order valence-corrected chi connectivity index (χ2v) is 4.79. The van der Waals surface area contributed by atoms with E-state index in [1.165, 1.54) is 6.42 Å². The second kappa shape index (κ2) is 3.66. The minimum absolute atomic E-state index is 0.129. The van der Waals surface area contributed by atoms with Gasteiger partial charge in [-0.3, -0.25) is 0 Å². The Hall–Kier alpha value is -1.69. The number of nitrogens with zero attached hydrogens (tertiary/aromatic N) is 4. The summed E-state index contributed by atoms with van der Waals surface area (Å²) >= 11 is 0. The van der Waals surface area contributed by atoms with Gasteiger partial charge < -0.3 is 14.8 Å². The summed E-state index contributed by atoms with van der Waals surface area (Å²) in [7, 11) is 1.90. The van der Waals surface area contributed by atoms with Gasteiger partial charge in [-0.25, -0.2) is 4.98 Å². The third-order valence-corrected chi connectivity index (χ3v) is 3.37. The molecule has 0 spiro atoms. The fourth-order valence-electron chi connectivity index (χ4n) is 2.11. The van der Waals surface area contributed by atoms with Crippen LogP contribution in [0.25, 0.3) is 11.5 Å². The Labute approximate surface area is 98.8 Å².